The Morgan fingerprint density at radius 3 is 2.81 bits per heavy atom. The molecule has 26 heavy (non-hydrogen) atoms. The fraction of sp³-hybridized carbons (Fsp3) is 0.333. The summed E-state index contributed by atoms with van der Waals surface area (Å²) in [6, 6.07) is 5.04. The molecule has 0 radical (unpaired) electrons. The van der Waals surface area contributed by atoms with Crippen LogP contribution in [0.5, 0.6) is 0 Å². The number of hydrogen-bond donors (Lipinski definition) is 1. The van der Waals surface area contributed by atoms with Crippen molar-refractivity contribution in [2.45, 2.75) is 25.9 Å². The Balaban J connectivity index is 1.98. The van der Waals surface area contributed by atoms with Crippen LogP contribution in [-0.4, -0.2) is 31.2 Å². The van der Waals surface area contributed by atoms with Gasteiger partial charge in [-0.3, -0.25) is 4.79 Å². The first kappa shape index (κ1) is 19.2. The van der Waals surface area contributed by atoms with Crippen molar-refractivity contribution in [3.8, 4) is 11.1 Å². The molecule has 0 spiro atoms. The molecular formula is C18H17Cl2NO4S. The summed E-state index contributed by atoms with van der Waals surface area (Å²) in [5.41, 5.74) is 1.53. The van der Waals surface area contributed by atoms with E-state index in [1.165, 1.54) is 11.3 Å². The third-order valence-electron chi connectivity index (χ3n) is 3.95. The summed E-state index contributed by atoms with van der Waals surface area (Å²) in [6.07, 6.45) is 1.02. The van der Waals surface area contributed by atoms with E-state index < -0.39 is 12.1 Å². The molecule has 2 aromatic rings. The minimum absolute atomic E-state index is 0.224. The first-order valence-corrected chi connectivity index (χ1v) is 9.81. The number of ether oxygens (including phenoxy) is 2. The van der Waals surface area contributed by atoms with Gasteiger partial charge in [0.05, 0.1) is 6.61 Å². The fourth-order valence-electron chi connectivity index (χ4n) is 2.74. The molecule has 1 aliphatic rings. The number of halogens is 2. The first-order chi connectivity index (χ1) is 12.5. The Hall–Kier alpha value is -1.60. The molecule has 1 aliphatic heterocycles. The Labute approximate surface area is 165 Å². The zero-order chi connectivity index (χ0) is 18.7. The van der Waals surface area contributed by atoms with Crippen LogP contribution in [0, 0.1) is 0 Å². The van der Waals surface area contributed by atoms with E-state index in [1.54, 1.807) is 30.5 Å². The number of rotatable bonds is 5. The molecule has 1 amide bonds. The summed E-state index contributed by atoms with van der Waals surface area (Å²) in [5.74, 6) is -0.777. The predicted octanol–water partition coefficient (Wildman–Crippen LogP) is 5.02. The lowest BCUT2D eigenvalue weighted by Crippen LogP contribution is -2.27. The van der Waals surface area contributed by atoms with E-state index in [1.807, 2.05) is 0 Å². The maximum Gasteiger partial charge on any atom is 0.341 e. The largest absolute Gasteiger partial charge is 0.462 e. The smallest absolute Gasteiger partial charge is 0.341 e. The van der Waals surface area contributed by atoms with Crippen molar-refractivity contribution in [2.75, 3.05) is 18.5 Å². The second kappa shape index (κ2) is 8.39. The normalized spacial score (nSPS) is 16.5. The number of carbonyl (C=O) groups is 2. The Morgan fingerprint density at radius 2 is 2.15 bits per heavy atom. The van der Waals surface area contributed by atoms with E-state index in [-0.39, 0.29) is 18.1 Å². The number of amides is 1. The monoisotopic (exact) mass is 413 g/mol. The molecule has 1 fully saturated rings. The summed E-state index contributed by atoms with van der Waals surface area (Å²) < 4.78 is 10.6. The molecule has 0 unspecified atom stereocenters. The highest BCUT2D eigenvalue weighted by Crippen LogP contribution is 2.40. The van der Waals surface area contributed by atoms with E-state index in [0.29, 0.717) is 39.2 Å². The summed E-state index contributed by atoms with van der Waals surface area (Å²) in [7, 11) is 0. The van der Waals surface area contributed by atoms with Crippen LogP contribution in [0.3, 0.4) is 0 Å². The van der Waals surface area contributed by atoms with Crippen LogP contribution in [0.25, 0.3) is 11.1 Å². The van der Waals surface area contributed by atoms with Crippen molar-refractivity contribution in [1.82, 2.24) is 0 Å². The molecule has 138 valence electrons. The minimum Gasteiger partial charge on any atom is -0.462 e. The highest BCUT2D eigenvalue weighted by atomic mass is 35.5. The van der Waals surface area contributed by atoms with Crippen LogP contribution in [-0.2, 0) is 14.3 Å². The lowest BCUT2D eigenvalue weighted by molar-refractivity contribution is -0.124. The topological polar surface area (TPSA) is 64.6 Å². The van der Waals surface area contributed by atoms with Gasteiger partial charge in [-0.25, -0.2) is 4.79 Å². The van der Waals surface area contributed by atoms with Crippen molar-refractivity contribution in [3.05, 3.63) is 39.2 Å². The van der Waals surface area contributed by atoms with Gasteiger partial charge in [-0.15, -0.1) is 11.3 Å². The van der Waals surface area contributed by atoms with Crippen LogP contribution in [0.2, 0.25) is 10.0 Å². The Bertz CT molecular complexity index is 831. The minimum atomic E-state index is -0.516. The van der Waals surface area contributed by atoms with Crippen molar-refractivity contribution in [3.63, 3.8) is 0 Å². The molecule has 0 aliphatic carbocycles. The van der Waals surface area contributed by atoms with E-state index in [0.717, 1.165) is 6.42 Å². The highest BCUT2D eigenvalue weighted by molar-refractivity contribution is 7.15. The van der Waals surface area contributed by atoms with Crippen molar-refractivity contribution < 1.29 is 19.1 Å². The second-order valence-electron chi connectivity index (χ2n) is 5.69. The van der Waals surface area contributed by atoms with E-state index >= 15 is 0 Å². The quantitative estimate of drug-likeness (QED) is 0.699. The molecule has 1 N–H and O–H groups in total. The zero-order valence-corrected chi connectivity index (χ0v) is 16.3. The number of esters is 1. The van der Waals surface area contributed by atoms with Gasteiger partial charge in [0.15, 0.2) is 0 Å². The predicted molar refractivity (Wildman–Crippen MR) is 103 cm³/mol. The van der Waals surface area contributed by atoms with Gasteiger partial charge in [-0.2, -0.15) is 0 Å². The summed E-state index contributed by atoms with van der Waals surface area (Å²) in [6.45, 7) is 2.52. The van der Waals surface area contributed by atoms with Gasteiger partial charge in [-0.1, -0.05) is 29.3 Å². The van der Waals surface area contributed by atoms with Gasteiger partial charge in [0.2, 0.25) is 0 Å². The maximum absolute atomic E-state index is 12.5. The number of carbonyl (C=O) groups excluding carboxylic acids is 2. The molecule has 2 heterocycles. The molecule has 1 saturated heterocycles. The molecule has 5 nitrogen and oxygen atoms in total. The number of thiophene rings is 1. The van der Waals surface area contributed by atoms with E-state index in [9.17, 15) is 9.59 Å². The highest BCUT2D eigenvalue weighted by Gasteiger charge is 2.28. The fourth-order valence-corrected chi connectivity index (χ4v) is 4.20. The van der Waals surface area contributed by atoms with Gasteiger partial charge in [-0.05, 0) is 31.9 Å². The molecular weight excluding hydrogens is 397 g/mol. The Kier molecular flexibility index (Phi) is 6.19. The van der Waals surface area contributed by atoms with Crippen molar-refractivity contribution >= 4 is 51.4 Å². The molecule has 1 aromatic heterocycles. The molecule has 0 bridgehead atoms. The van der Waals surface area contributed by atoms with Crippen LogP contribution in [0.1, 0.15) is 30.1 Å². The number of anilines is 1. The van der Waals surface area contributed by atoms with Gasteiger partial charge in [0, 0.05) is 33.2 Å². The standard InChI is InChI=1S/C18H17Cl2NO4S/c1-2-24-18(23)15-12(11-6-5-10(19)8-13(11)20)9-26-17(15)21-16(22)14-4-3-7-25-14/h5-6,8-9,14H,2-4,7H2,1H3,(H,21,22)/t14-/m0/s1. The molecule has 3 rings (SSSR count). The van der Waals surface area contributed by atoms with Gasteiger partial charge in [0.25, 0.3) is 5.91 Å². The number of nitrogens with one attached hydrogen (secondary N) is 1. The molecule has 8 heteroatoms. The van der Waals surface area contributed by atoms with Crippen LogP contribution in [0.15, 0.2) is 23.6 Å². The SMILES string of the molecule is CCOC(=O)c1c(-c2ccc(Cl)cc2Cl)csc1NC(=O)[C@@H]1CCCO1. The van der Waals surface area contributed by atoms with Crippen molar-refractivity contribution in [2.24, 2.45) is 0 Å². The van der Waals surface area contributed by atoms with Crippen molar-refractivity contribution in [1.29, 1.82) is 0 Å². The molecule has 1 atom stereocenters. The zero-order valence-electron chi connectivity index (χ0n) is 14.0. The third kappa shape index (κ3) is 4.04. The van der Waals surface area contributed by atoms with Crippen LogP contribution >= 0.6 is 34.5 Å². The molecule has 1 aromatic carbocycles. The van der Waals surface area contributed by atoms with Crippen LogP contribution < -0.4 is 5.32 Å². The summed E-state index contributed by atoms with van der Waals surface area (Å²) >= 11 is 13.5. The number of hydrogen-bond acceptors (Lipinski definition) is 5. The average molecular weight is 414 g/mol. The molecule has 0 saturated carbocycles. The third-order valence-corrected chi connectivity index (χ3v) is 5.39. The second-order valence-corrected chi connectivity index (χ2v) is 7.41. The summed E-state index contributed by atoms with van der Waals surface area (Å²) in [4.78, 5) is 24.9. The summed E-state index contributed by atoms with van der Waals surface area (Å²) in [5, 5.41) is 5.90. The van der Waals surface area contributed by atoms with Gasteiger partial charge >= 0.3 is 5.97 Å². The lowest BCUT2D eigenvalue weighted by atomic mass is 10.0. The maximum atomic E-state index is 12.5. The van der Waals surface area contributed by atoms with Crippen LogP contribution in [0.4, 0.5) is 5.00 Å². The van der Waals surface area contributed by atoms with E-state index in [4.69, 9.17) is 32.7 Å². The van der Waals surface area contributed by atoms with Gasteiger partial charge in [0.1, 0.15) is 16.7 Å². The number of benzene rings is 1. The average Bonchev–Trinajstić information content (AvgIpc) is 3.25. The van der Waals surface area contributed by atoms with Gasteiger partial charge < -0.3 is 14.8 Å². The first-order valence-electron chi connectivity index (χ1n) is 8.17. The lowest BCUT2D eigenvalue weighted by Gasteiger charge is -2.12. The van der Waals surface area contributed by atoms with E-state index in [2.05, 4.69) is 5.32 Å². The Morgan fingerprint density at radius 1 is 1.35 bits per heavy atom.